The SMILES string of the molecule is Cc1cc(NC(=O)c2cc(NN)nc3ccccc23)no1. The highest BCUT2D eigenvalue weighted by atomic mass is 16.5. The molecule has 0 aliphatic rings. The van der Waals surface area contributed by atoms with Gasteiger partial charge in [0, 0.05) is 11.5 Å². The van der Waals surface area contributed by atoms with Crippen molar-refractivity contribution in [2.45, 2.75) is 6.92 Å². The summed E-state index contributed by atoms with van der Waals surface area (Å²) >= 11 is 0. The summed E-state index contributed by atoms with van der Waals surface area (Å²) < 4.78 is 4.92. The fourth-order valence-corrected chi connectivity index (χ4v) is 2.05. The lowest BCUT2D eigenvalue weighted by Crippen LogP contribution is -2.15. The molecule has 2 aromatic heterocycles. The number of nitrogens with zero attached hydrogens (tertiary/aromatic N) is 2. The summed E-state index contributed by atoms with van der Waals surface area (Å²) in [6, 6.07) is 10.6. The van der Waals surface area contributed by atoms with Crippen molar-refractivity contribution in [3.8, 4) is 0 Å². The van der Waals surface area contributed by atoms with E-state index in [0.717, 1.165) is 5.39 Å². The number of benzene rings is 1. The van der Waals surface area contributed by atoms with Gasteiger partial charge in [-0.05, 0) is 19.1 Å². The molecule has 1 aromatic carbocycles. The molecule has 2 heterocycles. The lowest BCUT2D eigenvalue weighted by molar-refractivity contribution is 0.102. The van der Waals surface area contributed by atoms with E-state index in [1.54, 1.807) is 19.1 Å². The Morgan fingerprint density at radius 2 is 2.05 bits per heavy atom. The maximum atomic E-state index is 12.4. The number of nitrogen functional groups attached to an aromatic ring is 1. The number of hydrogen-bond donors (Lipinski definition) is 3. The minimum absolute atomic E-state index is 0.307. The summed E-state index contributed by atoms with van der Waals surface area (Å²) in [7, 11) is 0. The molecule has 0 aliphatic carbocycles. The van der Waals surface area contributed by atoms with Gasteiger partial charge in [0.15, 0.2) is 5.82 Å². The van der Waals surface area contributed by atoms with Crippen LogP contribution in [0, 0.1) is 6.92 Å². The summed E-state index contributed by atoms with van der Waals surface area (Å²) in [5.41, 5.74) is 3.59. The van der Waals surface area contributed by atoms with E-state index in [0.29, 0.717) is 28.5 Å². The highest BCUT2D eigenvalue weighted by Gasteiger charge is 2.14. The molecule has 0 unspecified atom stereocenters. The third kappa shape index (κ3) is 2.54. The van der Waals surface area contributed by atoms with Crippen LogP contribution >= 0.6 is 0 Å². The molecule has 3 aromatic rings. The summed E-state index contributed by atoms with van der Waals surface area (Å²) in [6.45, 7) is 1.75. The van der Waals surface area contributed by atoms with Crippen LogP contribution in [0.25, 0.3) is 10.9 Å². The highest BCUT2D eigenvalue weighted by Crippen LogP contribution is 2.21. The van der Waals surface area contributed by atoms with Crippen molar-refractivity contribution in [3.63, 3.8) is 0 Å². The van der Waals surface area contributed by atoms with Crippen LogP contribution < -0.4 is 16.6 Å². The maximum Gasteiger partial charge on any atom is 0.257 e. The number of rotatable bonds is 3. The first-order valence-electron chi connectivity index (χ1n) is 6.28. The van der Waals surface area contributed by atoms with Gasteiger partial charge in [-0.2, -0.15) is 0 Å². The summed E-state index contributed by atoms with van der Waals surface area (Å²) in [5.74, 6) is 6.48. The normalized spacial score (nSPS) is 10.6. The Morgan fingerprint density at radius 3 is 2.76 bits per heavy atom. The largest absolute Gasteiger partial charge is 0.360 e. The quantitative estimate of drug-likeness (QED) is 0.502. The average molecular weight is 283 g/mol. The van der Waals surface area contributed by atoms with Crippen LogP contribution in [0.4, 0.5) is 11.6 Å². The number of anilines is 2. The Labute approximate surface area is 120 Å². The first-order chi connectivity index (χ1) is 10.2. The van der Waals surface area contributed by atoms with E-state index in [-0.39, 0.29) is 5.91 Å². The number of para-hydroxylation sites is 1. The number of carbonyl (C=O) groups excluding carboxylic acids is 1. The van der Waals surface area contributed by atoms with Crippen LogP contribution in [0.2, 0.25) is 0 Å². The van der Waals surface area contributed by atoms with Crippen LogP contribution in [0.1, 0.15) is 16.1 Å². The van der Waals surface area contributed by atoms with Gasteiger partial charge in [-0.25, -0.2) is 10.8 Å². The van der Waals surface area contributed by atoms with Crippen LogP contribution in [-0.2, 0) is 0 Å². The molecule has 1 amide bonds. The standard InChI is InChI=1S/C14H13N5O2/c1-8-6-13(19-21-8)17-14(20)10-7-12(18-15)16-11-5-3-2-4-9(10)11/h2-7H,15H2,1H3,(H,16,18)(H,17,19,20). The number of nitrogens with one attached hydrogen (secondary N) is 2. The van der Waals surface area contributed by atoms with Crippen molar-refractivity contribution < 1.29 is 9.32 Å². The molecule has 106 valence electrons. The lowest BCUT2D eigenvalue weighted by atomic mass is 10.1. The van der Waals surface area contributed by atoms with Crippen LogP contribution in [0.15, 0.2) is 40.9 Å². The summed E-state index contributed by atoms with van der Waals surface area (Å²) in [5, 5.41) is 7.15. The zero-order chi connectivity index (χ0) is 14.8. The van der Waals surface area contributed by atoms with Gasteiger partial charge >= 0.3 is 0 Å². The van der Waals surface area contributed by atoms with Crippen LogP contribution in [0.5, 0.6) is 0 Å². The van der Waals surface area contributed by atoms with E-state index in [1.165, 1.54) is 0 Å². The van der Waals surface area contributed by atoms with Gasteiger partial charge in [-0.15, -0.1) is 0 Å². The second-order valence-corrected chi connectivity index (χ2v) is 4.49. The maximum absolute atomic E-state index is 12.4. The van der Waals surface area contributed by atoms with Crippen LogP contribution in [-0.4, -0.2) is 16.0 Å². The summed E-state index contributed by atoms with van der Waals surface area (Å²) in [6.07, 6.45) is 0. The van der Waals surface area contributed by atoms with Crippen molar-refractivity contribution in [2.24, 2.45) is 5.84 Å². The molecule has 0 radical (unpaired) electrons. The average Bonchev–Trinajstić information content (AvgIpc) is 2.91. The smallest absolute Gasteiger partial charge is 0.257 e. The van der Waals surface area contributed by atoms with Gasteiger partial charge in [-0.3, -0.25) is 4.79 Å². The Hall–Kier alpha value is -2.93. The van der Waals surface area contributed by atoms with Gasteiger partial charge in [0.1, 0.15) is 11.6 Å². The molecule has 0 spiro atoms. The Bertz CT molecular complexity index is 812. The molecule has 7 nitrogen and oxygen atoms in total. The lowest BCUT2D eigenvalue weighted by Gasteiger charge is -2.08. The van der Waals surface area contributed by atoms with E-state index in [2.05, 4.69) is 20.9 Å². The van der Waals surface area contributed by atoms with Gasteiger partial charge in [0.05, 0.1) is 11.1 Å². The molecule has 4 N–H and O–H groups in total. The van der Waals surface area contributed by atoms with Crippen molar-refractivity contribution in [3.05, 3.63) is 47.7 Å². The third-order valence-corrected chi connectivity index (χ3v) is 2.98. The number of aryl methyl sites for hydroxylation is 1. The molecule has 0 saturated carbocycles. The van der Waals surface area contributed by atoms with Gasteiger partial charge in [0.2, 0.25) is 0 Å². The molecule has 3 rings (SSSR count). The molecular formula is C14H13N5O2. The number of pyridine rings is 1. The Kier molecular flexibility index (Phi) is 3.25. The monoisotopic (exact) mass is 283 g/mol. The van der Waals surface area contributed by atoms with Crippen molar-refractivity contribution >= 4 is 28.4 Å². The Balaban J connectivity index is 2.03. The highest BCUT2D eigenvalue weighted by molar-refractivity contribution is 6.12. The predicted octanol–water partition coefficient (Wildman–Crippen LogP) is 2.07. The third-order valence-electron chi connectivity index (χ3n) is 2.98. The van der Waals surface area contributed by atoms with Gasteiger partial charge < -0.3 is 15.3 Å². The molecular weight excluding hydrogens is 270 g/mol. The number of carbonyl (C=O) groups is 1. The van der Waals surface area contributed by atoms with Crippen LogP contribution in [0.3, 0.4) is 0 Å². The van der Waals surface area contributed by atoms with Crippen molar-refractivity contribution in [1.29, 1.82) is 0 Å². The first-order valence-corrected chi connectivity index (χ1v) is 6.28. The fraction of sp³-hybridized carbons (Fsp3) is 0.0714. The zero-order valence-corrected chi connectivity index (χ0v) is 11.3. The number of hydrogen-bond acceptors (Lipinski definition) is 6. The molecule has 0 fully saturated rings. The number of nitrogens with two attached hydrogens (primary N) is 1. The number of aromatic nitrogens is 2. The van der Waals surface area contributed by atoms with Crippen molar-refractivity contribution in [2.75, 3.05) is 10.7 Å². The van der Waals surface area contributed by atoms with E-state index < -0.39 is 0 Å². The Morgan fingerprint density at radius 1 is 1.24 bits per heavy atom. The number of amides is 1. The van der Waals surface area contributed by atoms with Gasteiger partial charge in [0.25, 0.3) is 5.91 Å². The fourth-order valence-electron chi connectivity index (χ4n) is 2.05. The number of fused-ring (bicyclic) bond motifs is 1. The molecule has 21 heavy (non-hydrogen) atoms. The minimum Gasteiger partial charge on any atom is -0.360 e. The second-order valence-electron chi connectivity index (χ2n) is 4.49. The van der Waals surface area contributed by atoms with Crippen molar-refractivity contribution in [1.82, 2.24) is 10.1 Å². The molecule has 7 heteroatoms. The van der Waals surface area contributed by atoms with E-state index in [1.807, 2.05) is 24.3 Å². The van der Waals surface area contributed by atoms with E-state index in [9.17, 15) is 4.79 Å². The van der Waals surface area contributed by atoms with E-state index >= 15 is 0 Å². The second kappa shape index (κ2) is 5.22. The summed E-state index contributed by atoms with van der Waals surface area (Å²) in [4.78, 5) is 16.7. The topological polar surface area (TPSA) is 106 Å². The number of hydrazine groups is 1. The predicted molar refractivity (Wildman–Crippen MR) is 78.7 cm³/mol. The van der Waals surface area contributed by atoms with E-state index in [4.69, 9.17) is 10.4 Å². The molecule has 0 bridgehead atoms. The molecule has 0 saturated heterocycles. The molecule has 0 atom stereocenters. The first kappa shape index (κ1) is 13.1. The zero-order valence-electron chi connectivity index (χ0n) is 11.3. The molecule has 0 aliphatic heterocycles. The minimum atomic E-state index is -0.307. The van der Waals surface area contributed by atoms with Gasteiger partial charge in [-0.1, -0.05) is 23.4 Å².